The van der Waals surface area contributed by atoms with E-state index >= 15 is 0 Å². The highest BCUT2D eigenvalue weighted by Gasteiger charge is 2.10. The van der Waals surface area contributed by atoms with Crippen LogP contribution in [0.1, 0.15) is 17.3 Å². The van der Waals surface area contributed by atoms with Crippen LogP contribution < -0.4 is 4.90 Å². The summed E-state index contributed by atoms with van der Waals surface area (Å²) in [5.41, 5.74) is 1.51. The van der Waals surface area contributed by atoms with E-state index < -0.39 is 5.97 Å². The maximum Gasteiger partial charge on any atom is 0.338 e. The number of halogens is 2. The summed E-state index contributed by atoms with van der Waals surface area (Å²) in [6, 6.07) is 14.7. The van der Waals surface area contributed by atoms with Gasteiger partial charge in [-0.15, -0.1) is 0 Å². The molecule has 2 rings (SSSR count). The van der Waals surface area contributed by atoms with Gasteiger partial charge >= 0.3 is 5.97 Å². The Bertz CT molecular complexity index is 632. The molecule has 2 aromatic carbocycles. The Hall–Kier alpha value is -1.71. The van der Waals surface area contributed by atoms with E-state index in [1.165, 1.54) is 6.07 Å². The lowest BCUT2D eigenvalue weighted by Gasteiger charge is -2.22. The number of ether oxygens (including phenoxy) is 1. The fraction of sp³-hybridized carbons (Fsp3) is 0.235. The van der Waals surface area contributed by atoms with E-state index in [0.717, 1.165) is 12.2 Å². The molecule has 0 aliphatic rings. The van der Waals surface area contributed by atoms with Gasteiger partial charge in [0.05, 0.1) is 22.2 Å². The number of esters is 1. The summed E-state index contributed by atoms with van der Waals surface area (Å²) in [6.07, 6.45) is 0. The molecule has 0 aliphatic heterocycles. The Labute approximate surface area is 140 Å². The van der Waals surface area contributed by atoms with Gasteiger partial charge in [-0.05, 0) is 37.3 Å². The number of hydrogen-bond donors (Lipinski definition) is 0. The molecule has 0 spiro atoms. The third kappa shape index (κ3) is 4.39. The molecule has 0 bridgehead atoms. The van der Waals surface area contributed by atoms with E-state index in [9.17, 15) is 4.79 Å². The number of rotatable bonds is 6. The number of carbonyl (C=O) groups is 1. The molecule has 0 unspecified atom stereocenters. The monoisotopic (exact) mass is 337 g/mol. The number of anilines is 1. The lowest BCUT2D eigenvalue weighted by atomic mass is 10.2. The van der Waals surface area contributed by atoms with Gasteiger partial charge in [0.1, 0.15) is 6.61 Å². The van der Waals surface area contributed by atoms with Gasteiger partial charge in [-0.3, -0.25) is 0 Å². The summed E-state index contributed by atoms with van der Waals surface area (Å²) in [5, 5.41) is 0.759. The summed E-state index contributed by atoms with van der Waals surface area (Å²) >= 11 is 11.7. The van der Waals surface area contributed by atoms with Gasteiger partial charge in [0.2, 0.25) is 0 Å². The number of para-hydroxylation sites is 1. The highest BCUT2D eigenvalue weighted by Crippen LogP contribution is 2.23. The molecule has 0 atom stereocenters. The second-order valence-corrected chi connectivity index (χ2v) is 5.49. The minimum atomic E-state index is -0.400. The van der Waals surface area contributed by atoms with Crippen molar-refractivity contribution in [2.45, 2.75) is 6.92 Å². The Morgan fingerprint density at radius 3 is 2.45 bits per heavy atom. The molecule has 116 valence electrons. The summed E-state index contributed by atoms with van der Waals surface area (Å²) in [7, 11) is 0. The summed E-state index contributed by atoms with van der Waals surface area (Å²) in [6.45, 7) is 3.84. The molecular weight excluding hydrogens is 321 g/mol. The maximum absolute atomic E-state index is 12.0. The van der Waals surface area contributed by atoms with Crippen LogP contribution in [0.15, 0.2) is 48.5 Å². The van der Waals surface area contributed by atoms with Crippen molar-refractivity contribution in [3.8, 4) is 0 Å². The van der Waals surface area contributed by atoms with Gasteiger partial charge in [-0.25, -0.2) is 4.79 Å². The summed E-state index contributed by atoms with van der Waals surface area (Å²) < 4.78 is 5.29. The van der Waals surface area contributed by atoms with Crippen molar-refractivity contribution in [1.82, 2.24) is 0 Å². The Kier molecular flexibility index (Phi) is 6.10. The summed E-state index contributed by atoms with van der Waals surface area (Å²) in [4.78, 5) is 14.1. The van der Waals surface area contributed by atoms with Gasteiger partial charge in [0.25, 0.3) is 0 Å². The largest absolute Gasteiger partial charge is 0.460 e. The fourth-order valence-electron chi connectivity index (χ4n) is 2.06. The molecule has 0 aliphatic carbocycles. The third-order valence-corrected chi connectivity index (χ3v) is 3.99. The number of likely N-dealkylation sites (N-methyl/N-ethyl adjacent to an activating group) is 1. The van der Waals surface area contributed by atoms with Crippen molar-refractivity contribution in [3.63, 3.8) is 0 Å². The minimum absolute atomic E-state index is 0.307. The van der Waals surface area contributed by atoms with Crippen molar-refractivity contribution in [3.05, 3.63) is 64.1 Å². The Balaban J connectivity index is 1.89. The van der Waals surface area contributed by atoms with Gasteiger partial charge in [-0.1, -0.05) is 41.4 Å². The topological polar surface area (TPSA) is 29.5 Å². The molecule has 5 heteroatoms. The van der Waals surface area contributed by atoms with E-state index in [1.807, 2.05) is 30.3 Å². The van der Waals surface area contributed by atoms with Crippen LogP contribution in [0.25, 0.3) is 0 Å². The first kappa shape index (κ1) is 16.7. The van der Waals surface area contributed by atoms with E-state index in [-0.39, 0.29) is 0 Å². The maximum atomic E-state index is 12.0. The Morgan fingerprint density at radius 1 is 1.09 bits per heavy atom. The second kappa shape index (κ2) is 8.06. The number of nitrogens with zero attached hydrogens (tertiary/aromatic N) is 1. The number of hydrogen-bond acceptors (Lipinski definition) is 3. The zero-order valence-electron chi connectivity index (χ0n) is 12.3. The highest BCUT2D eigenvalue weighted by molar-refractivity contribution is 6.42. The van der Waals surface area contributed by atoms with E-state index in [2.05, 4.69) is 11.8 Å². The lowest BCUT2D eigenvalue weighted by molar-refractivity contribution is 0.0515. The first-order valence-electron chi connectivity index (χ1n) is 7.04. The van der Waals surface area contributed by atoms with Gasteiger partial charge in [-0.2, -0.15) is 0 Å². The van der Waals surface area contributed by atoms with Crippen LogP contribution in [0.3, 0.4) is 0 Å². The van der Waals surface area contributed by atoms with Crippen LogP contribution in [-0.2, 0) is 4.74 Å². The zero-order valence-corrected chi connectivity index (χ0v) is 13.8. The van der Waals surface area contributed by atoms with Crippen LogP contribution in [0.4, 0.5) is 5.69 Å². The van der Waals surface area contributed by atoms with E-state index in [0.29, 0.717) is 28.8 Å². The molecule has 3 nitrogen and oxygen atoms in total. The molecule has 2 aromatic rings. The minimum Gasteiger partial charge on any atom is -0.460 e. The molecular formula is C17H17Cl2NO2. The first-order valence-corrected chi connectivity index (χ1v) is 7.79. The number of carbonyl (C=O) groups excluding carboxylic acids is 1. The molecule has 0 radical (unpaired) electrons. The van der Waals surface area contributed by atoms with Gasteiger partial charge < -0.3 is 9.64 Å². The molecule has 0 amide bonds. The lowest BCUT2D eigenvalue weighted by Crippen LogP contribution is -2.27. The first-order chi connectivity index (χ1) is 10.6. The van der Waals surface area contributed by atoms with Crippen LogP contribution in [0.5, 0.6) is 0 Å². The zero-order chi connectivity index (χ0) is 15.9. The molecule has 0 fully saturated rings. The second-order valence-electron chi connectivity index (χ2n) is 4.68. The highest BCUT2D eigenvalue weighted by atomic mass is 35.5. The summed E-state index contributed by atoms with van der Waals surface area (Å²) in [5.74, 6) is -0.400. The van der Waals surface area contributed by atoms with Crippen molar-refractivity contribution < 1.29 is 9.53 Å². The van der Waals surface area contributed by atoms with E-state index in [4.69, 9.17) is 27.9 Å². The van der Waals surface area contributed by atoms with Gasteiger partial charge in [0, 0.05) is 12.2 Å². The van der Waals surface area contributed by atoms with Gasteiger partial charge in [0.15, 0.2) is 0 Å². The van der Waals surface area contributed by atoms with Crippen molar-refractivity contribution in [1.29, 1.82) is 0 Å². The van der Waals surface area contributed by atoms with E-state index in [1.54, 1.807) is 12.1 Å². The van der Waals surface area contributed by atoms with Crippen molar-refractivity contribution in [2.24, 2.45) is 0 Å². The predicted octanol–water partition coefficient (Wildman–Crippen LogP) is 4.68. The molecule has 0 saturated carbocycles. The molecule has 0 N–H and O–H groups in total. The Morgan fingerprint density at radius 2 is 1.82 bits per heavy atom. The SMILES string of the molecule is CCN(CCOC(=O)c1ccc(Cl)c(Cl)c1)c1ccccc1. The smallest absolute Gasteiger partial charge is 0.338 e. The average Bonchev–Trinajstić information content (AvgIpc) is 2.54. The van der Waals surface area contributed by atoms with Crippen molar-refractivity contribution >= 4 is 34.9 Å². The molecule has 0 aromatic heterocycles. The third-order valence-electron chi connectivity index (χ3n) is 3.25. The quantitative estimate of drug-likeness (QED) is 0.717. The standard InChI is InChI=1S/C17H17Cl2NO2/c1-2-20(14-6-4-3-5-7-14)10-11-22-17(21)13-8-9-15(18)16(19)12-13/h3-9,12H,2,10-11H2,1H3. The van der Waals surface area contributed by atoms with Crippen LogP contribution >= 0.6 is 23.2 Å². The van der Waals surface area contributed by atoms with Crippen LogP contribution in [-0.4, -0.2) is 25.7 Å². The normalized spacial score (nSPS) is 10.3. The average molecular weight is 338 g/mol. The predicted molar refractivity (Wildman–Crippen MR) is 91.1 cm³/mol. The molecule has 0 saturated heterocycles. The fourth-order valence-corrected chi connectivity index (χ4v) is 2.36. The molecule has 0 heterocycles. The number of benzene rings is 2. The van der Waals surface area contributed by atoms with Crippen LogP contribution in [0.2, 0.25) is 10.0 Å². The van der Waals surface area contributed by atoms with Crippen molar-refractivity contribution in [2.75, 3.05) is 24.6 Å². The molecule has 22 heavy (non-hydrogen) atoms. The van der Waals surface area contributed by atoms with Crippen LogP contribution in [0, 0.1) is 0 Å².